The molecule has 0 aliphatic carbocycles. The van der Waals surface area contributed by atoms with E-state index in [0.717, 1.165) is 38.9 Å². The summed E-state index contributed by atoms with van der Waals surface area (Å²) in [5, 5.41) is 40.4. The number of rotatable bonds is 8. The summed E-state index contributed by atoms with van der Waals surface area (Å²) in [7, 11) is 0. The molecule has 5 rings (SSSR count). The van der Waals surface area contributed by atoms with E-state index in [2.05, 4.69) is 16.5 Å². The van der Waals surface area contributed by atoms with E-state index >= 15 is 0 Å². The number of carboxylic acid groups (broad SMARTS) is 2. The summed E-state index contributed by atoms with van der Waals surface area (Å²) in [5.41, 5.74) is 8.79. The van der Waals surface area contributed by atoms with Gasteiger partial charge in [0.15, 0.2) is 0 Å². The number of nitrogens with one attached hydrogen (secondary N) is 2. The third-order valence-corrected chi connectivity index (χ3v) is 8.55. The molecule has 0 amide bonds. The maximum absolute atomic E-state index is 11.7. The van der Waals surface area contributed by atoms with E-state index in [9.17, 15) is 30.0 Å². The number of allylic oxidation sites excluding steroid dienone is 2. The maximum Gasteiger partial charge on any atom is 0.303 e. The van der Waals surface area contributed by atoms with Crippen LogP contribution in [0.1, 0.15) is 78.1 Å². The number of aryl methyl sites for hydroxylation is 3. The van der Waals surface area contributed by atoms with Gasteiger partial charge < -0.3 is 30.4 Å². The van der Waals surface area contributed by atoms with Crippen molar-refractivity contribution in [1.29, 1.82) is 0 Å². The van der Waals surface area contributed by atoms with Gasteiger partial charge in [0.2, 0.25) is 0 Å². The Bertz CT molecular complexity index is 1940. The van der Waals surface area contributed by atoms with Gasteiger partial charge in [-0.1, -0.05) is 18.7 Å². The molecule has 3 aromatic rings. The number of fused-ring (bicyclic) bond motifs is 8. The Kier molecular flexibility index (Phi) is 8.15. The van der Waals surface area contributed by atoms with Crippen molar-refractivity contribution in [2.75, 3.05) is 6.61 Å². The fraction of sp³-hybridized carbons (Fsp3) is 0.294. The van der Waals surface area contributed by atoms with Crippen molar-refractivity contribution in [2.24, 2.45) is 0 Å². The van der Waals surface area contributed by atoms with Crippen LogP contribution in [0.2, 0.25) is 0 Å². The minimum absolute atomic E-state index is 0.0684. The van der Waals surface area contributed by atoms with Gasteiger partial charge in [-0.2, -0.15) is 0 Å². The Balaban J connectivity index is 1.96. The van der Waals surface area contributed by atoms with E-state index in [1.807, 2.05) is 32.9 Å². The van der Waals surface area contributed by atoms with Crippen molar-refractivity contribution in [2.45, 2.75) is 59.0 Å². The number of aliphatic hydroxyl groups excluding tert-OH is 1. The highest BCUT2D eigenvalue weighted by Gasteiger charge is 2.36. The van der Waals surface area contributed by atoms with Gasteiger partial charge in [-0.25, -0.2) is 9.97 Å². The lowest BCUT2D eigenvalue weighted by Gasteiger charge is -2.18. The monoisotopic (exact) mass is 596 g/mol. The second-order valence-electron chi connectivity index (χ2n) is 11.4. The number of hydrogen-bond donors (Lipinski definition) is 6. The van der Waals surface area contributed by atoms with Gasteiger partial charge >= 0.3 is 11.9 Å². The van der Waals surface area contributed by atoms with E-state index in [4.69, 9.17) is 9.97 Å². The minimum Gasteiger partial charge on any atom is -0.481 e. The number of carbonyl (C=O) groups is 2. The number of aliphatic hydroxyl groups is 2. The largest absolute Gasteiger partial charge is 0.481 e. The first kappa shape index (κ1) is 30.7. The molecule has 44 heavy (non-hydrogen) atoms. The van der Waals surface area contributed by atoms with E-state index < -0.39 is 17.5 Å². The first-order chi connectivity index (χ1) is 20.8. The lowest BCUT2D eigenvalue weighted by atomic mass is 9.92. The van der Waals surface area contributed by atoms with Gasteiger partial charge in [0, 0.05) is 46.0 Å². The van der Waals surface area contributed by atoms with E-state index in [1.54, 1.807) is 25.1 Å². The molecule has 228 valence electrons. The zero-order chi connectivity index (χ0) is 31.9. The summed E-state index contributed by atoms with van der Waals surface area (Å²) in [6.45, 7) is 11.1. The highest BCUT2D eigenvalue weighted by atomic mass is 16.4. The lowest BCUT2D eigenvalue weighted by Crippen LogP contribution is -2.19. The molecule has 2 aliphatic heterocycles. The number of hydrogen-bond acceptors (Lipinski definition) is 6. The predicted molar refractivity (Wildman–Crippen MR) is 171 cm³/mol. The fourth-order valence-corrected chi connectivity index (χ4v) is 6.02. The molecule has 0 aromatic carbocycles. The summed E-state index contributed by atoms with van der Waals surface area (Å²) in [6.07, 6.45) is 3.64. The normalized spacial score (nSPS) is 17.4. The van der Waals surface area contributed by atoms with Crippen LogP contribution in [0.4, 0.5) is 0 Å². The second kappa shape index (κ2) is 11.7. The second-order valence-corrected chi connectivity index (χ2v) is 11.4. The molecule has 0 saturated heterocycles. The molecule has 2 aliphatic rings. The van der Waals surface area contributed by atoms with E-state index in [1.165, 1.54) is 6.08 Å². The summed E-state index contributed by atoms with van der Waals surface area (Å²) in [4.78, 5) is 39.7. The van der Waals surface area contributed by atoms with Gasteiger partial charge in [0.25, 0.3) is 0 Å². The van der Waals surface area contributed by atoms with Crippen molar-refractivity contribution in [3.63, 3.8) is 0 Å². The number of H-pyrrole nitrogens is 2. The molecule has 1 atom stereocenters. The predicted octanol–water partition coefficient (Wildman–Crippen LogP) is 5.67. The molecule has 0 saturated carbocycles. The van der Waals surface area contributed by atoms with Crippen LogP contribution >= 0.6 is 0 Å². The topological polar surface area (TPSA) is 172 Å². The van der Waals surface area contributed by atoms with Crippen LogP contribution in [-0.4, -0.2) is 58.9 Å². The molecule has 10 heteroatoms. The van der Waals surface area contributed by atoms with E-state index in [0.29, 0.717) is 44.9 Å². The van der Waals surface area contributed by atoms with Crippen molar-refractivity contribution in [3.8, 4) is 0 Å². The van der Waals surface area contributed by atoms with Crippen LogP contribution < -0.4 is 0 Å². The number of carboxylic acids is 2. The van der Waals surface area contributed by atoms with Gasteiger partial charge in [-0.05, 0) is 92.6 Å². The number of aliphatic carboxylic acids is 2. The summed E-state index contributed by atoms with van der Waals surface area (Å²) >= 11 is 0. The number of aromatic amines is 2. The van der Waals surface area contributed by atoms with Crippen molar-refractivity contribution >= 4 is 56.8 Å². The lowest BCUT2D eigenvalue weighted by molar-refractivity contribution is -0.137. The molecule has 1 unspecified atom stereocenters. The van der Waals surface area contributed by atoms with Crippen LogP contribution in [-0.2, 0) is 21.6 Å². The third-order valence-electron chi connectivity index (χ3n) is 8.55. The maximum atomic E-state index is 11.7. The van der Waals surface area contributed by atoms with Crippen LogP contribution in [0, 0.1) is 13.8 Å². The Hall–Kier alpha value is -4.80. The summed E-state index contributed by atoms with van der Waals surface area (Å²) in [6, 6.07) is 7.32. The van der Waals surface area contributed by atoms with Crippen molar-refractivity contribution < 1.29 is 30.0 Å². The first-order valence-electron chi connectivity index (χ1n) is 14.4. The average Bonchev–Trinajstić information content (AvgIpc) is 3.59. The fourth-order valence-electron chi connectivity index (χ4n) is 6.02. The van der Waals surface area contributed by atoms with Crippen LogP contribution in [0.15, 0.2) is 36.9 Å². The molecule has 3 aromatic heterocycles. The third kappa shape index (κ3) is 5.49. The molecule has 0 fully saturated rings. The van der Waals surface area contributed by atoms with Crippen LogP contribution in [0.5, 0.6) is 0 Å². The zero-order valence-corrected chi connectivity index (χ0v) is 25.2. The molecule has 0 radical (unpaired) electrons. The van der Waals surface area contributed by atoms with E-state index in [-0.39, 0.29) is 32.3 Å². The Morgan fingerprint density at radius 1 is 0.864 bits per heavy atom. The highest BCUT2D eigenvalue weighted by molar-refractivity contribution is 5.94. The van der Waals surface area contributed by atoms with Gasteiger partial charge in [-0.3, -0.25) is 9.59 Å². The van der Waals surface area contributed by atoms with Gasteiger partial charge in [-0.15, -0.1) is 0 Å². The smallest absolute Gasteiger partial charge is 0.303 e. The molecule has 8 bridgehead atoms. The number of aromatic nitrogens is 4. The van der Waals surface area contributed by atoms with Gasteiger partial charge in [0.05, 0.1) is 29.4 Å². The summed E-state index contributed by atoms with van der Waals surface area (Å²) < 4.78 is 0. The Morgan fingerprint density at radius 3 is 2.14 bits per heavy atom. The van der Waals surface area contributed by atoms with Crippen LogP contribution in [0.3, 0.4) is 0 Å². The number of nitrogens with zero attached hydrogens (tertiary/aromatic N) is 2. The Morgan fingerprint density at radius 2 is 1.48 bits per heavy atom. The SMILES string of the molecule is C=Cc1c(C)c2cc3nc(cc4[nH]c(cc5nc(cc1[nH]2)C(C)(O)/C5=C/CO)c(C)c4CCC(=O)O)C(CCC(=O)O)=C3C. The van der Waals surface area contributed by atoms with Crippen molar-refractivity contribution in [1.82, 2.24) is 19.9 Å². The standard InChI is InChI=1S/C34H36N4O6/c1-6-20-17(2)24-13-25-18(3)21(7-9-32(40)41)27(35-25)15-28-22(8-10-33(42)43)19(4)26(36-28)14-30-23(11-12-39)34(5,44)31(38-30)16-29(20)37-24/h6,11,13-16,36-37,39,44H,1,7-10,12H2,2-5H3,(H,40,41)(H,42,43)/b23-11+,24-13?,25-13?,26-14?,27-15?,28-15?,29-16?,30-14?,31-16?. The zero-order valence-electron chi connectivity index (χ0n) is 25.2. The van der Waals surface area contributed by atoms with Crippen molar-refractivity contribution in [3.05, 3.63) is 81.9 Å². The highest BCUT2D eigenvalue weighted by Crippen LogP contribution is 2.40. The molecular weight excluding hydrogens is 560 g/mol. The molecule has 10 nitrogen and oxygen atoms in total. The Labute approximate surface area is 254 Å². The van der Waals surface area contributed by atoms with Crippen LogP contribution in [0.25, 0.3) is 44.9 Å². The molecule has 5 heterocycles. The van der Waals surface area contributed by atoms with Gasteiger partial charge in [0.1, 0.15) is 5.60 Å². The average molecular weight is 597 g/mol. The summed E-state index contributed by atoms with van der Waals surface area (Å²) in [5.74, 6) is -1.84. The first-order valence-corrected chi connectivity index (χ1v) is 14.4. The molecule has 6 N–H and O–H groups in total. The minimum atomic E-state index is -1.51. The quantitative estimate of drug-likeness (QED) is 0.193. The molecular formula is C34H36N4O6. The molecule has 0 spiro atoms.